The molecule has 0 atom stereocenters. The minimum Gasteiger partial charge on any atom is -0.445 e. The van der Waals surface area contributed by atoms with E-state index in [4.69, 9.17) is 11.3 Å². The second-order valence-electron chi connectivity index (χ2n) is 2.97. The Kier molecular flexibility index (Phi) is 6.46. The Morgan fingerprint density at radius 2 is 1.94 bits per heavy atom. The molecule has 4 nitrogen and oxygen atoms in total. The number of anilines is 1. The van der Waals surface area contributed by atoms with E-state index >= 15 is 0 Å². The van der Waals surface area contributed by atoms with Gasteiger partial charge in [0.25, 0.3) is 0 Å². The topological polar surface area (TPSA) is 74.8 Å². The molecule has 0 aliphatic rings. The van der Waals surface area contributed by atoms with Gasteiger partial charge in [-0.25, -0.2) is 0 Å². The van der Waals surface area contributed by atoms with E-state index in [1.165, 1.54) is 6.07 Å². The monoisotopic (exact) mass is 254 g/mol. The number of halogens is 3. The van der Waals surface area contributed by atoms with Crippen molar-refractivity contribution in [2.24, 2.45) is 5.11 Å². The summed E-state index contributed by atoms with van der Waals surface area (Å²) in [7, 11) is 0. The van der Waals surface area contributed by atoms with E-state index in [1.807, 2.05) is 0 Å². The average Bonchev–Trinajstić information content (AvgIpc) is 2.12. The minimum atomic E-state index is -5.08. The van der Waals surface area contributed by atoms with Gasteiger partial charge < -0.3 is 18.7 Å². The number of hydrogen-bond acceptors (Lipinski definition) is 2. The maximum absolute atomic E-state index is 12.4. The summed E-state index contributed by atoms with van der Waals surface area (Å²) in [4.78, 5) is 2.46. The van der Waals surface area contributed by atoms with Gasteiger partial charge in [-0.15, -0.1) is 5.46 Å². The van der Waals surface area contributed by atoms with E-state index in [9.17, 15) is 12.9 Å². The van der Waals surface area contributed by atoms with Crippen molar-refractivity contribution < 1.29 is 64.3 Å². The second kappa shape index (κ2) is 6.53. The van der Waals surface area contributed by atoms with Crippen molar-refractivity contribution in [2.75, 3.05) is 5.73 Å². The van der Waals surface area contributed by atoms with E-state index in [-0.39, 0.29) is 69.2 Å². The molecule has 0 saturated heterocycles. The zero-order chi connectivity index (χ0) is 11.5. The van der Waals surface area contributed by atoms with Crippen LogP contribution < -0.4 is 62.6 Å². The van der Waals surface area contributed by atoms with Crippen molar-refractivity contribution in [1.29, 1.82) is 0 Å². The summed E-state index contributed by atoms with van der Waals surface area (Å²) in [6, 6.07) is 3.14. The van der Waals surface area contributed by atoms with Gasteiger partial charge in [-0.2, -0.15) is 0 Å². The molecular formula is C7H7BF3KN4. The van der Waals surface area contributed by atoms with Crippen LogP contribution in [0.2, 0.25) is 0 Å². The molecular weight excluding hydrogens is 247 g/mol. The predicted molar refractivity (Wildman–Crippen MR) is 52.4 cm³/mol. The fourth-order valence-electron chi connectivity index (χ4n) is 1.14. The minimum absolute atomic E-state index is 0. The van der Waals surface area contributed by atoms with Crippen LogP contribution in [-0.2, 0) is 6.54 Å². The molecule has 0 spiro atoms. The first-order chi connectivity index (χ1) is 6.93. The van der Waals surface area contributed by atoms with Crippen LogP contribution >= 0.6 is 0 Å². The molecule has 0 aliphatic carbocycles. The van der Waals surface area contributed by atoms with Crippen molar-refractivity contribution in [3.63, 3.8) is 0 Å². The summed E-state index contributed by atoms with van der Waals surface area (Å²) in [5.41, 5.74) is 12.8. The molecule has 9 heteroatoms. The number of azide groups is 1. The van der Waals surface area contributed by atoms with Gasteiger partial charge in [-0.1, -0.05) is 17.2 Å². The maximum Gasteiger partial charge on any atom is 1.00 e. The van der Waals surface area contributed by atoms with E-state index in [1.54, 1.807) is 0 Å². The van der Waals surface area contributed by atoms with Crippen molar-refractivity contribution in [3.05, 3.63) is 34.2 Å². The molecule has 0 bridgehead atoms. The molecule has 1 rings (SSSR count). The summed E-state index contributed by atoms with van der Waals surface area (Å²) in [5, 5.41) is 3.17. The summed E-state index contributed by atoms with van der Waals surface area (Å²) in [6.45, 7) is -5.21. The van der Waals surface area contributed by atoms with Crippen LogP contribution in [0.25, 0.3) is 10.4 Å². The zero-order valence-electron chi connectivity index (χ0n) is 8.57. The maximum atomic E-state index is 12.4. The fourth-order valence-corrected chi connectivity index (χ4v) is 1.14. The van der Waals surface area contributed by atoms with Gasteiger partial charge in [0.15, 0.2) is 0 Å². The zero-order valence-corrected chi connectivity index (χ0v) is 11.7. The Morgan fingerprint density at radius 3 is 2.44 bits per heavy atom. The third kappa shape index (κ3) is 4.77. The van der Waals surface area contributed by atoms with Gasteiger partial charge in [-0.05, 0) is 17.2 Å². The number of nitrogens with two attached hydrogens (primary N) is 1. The number of rotatable bonds is 3. The molecule has 16 heavy (non-hydrogen) atoms. The van der Waals surface area contributed by atoms with Gasteiger partial charge in [0, 0.05) is 10.6 Å². The van der Waals surface area contributed by atoms with Crippen LogP contribution in [0.15, 0.2) is 23.3 Å². The van der Waals surface area contributed by atoms with Crippen molar-refractivity contribution in [2.45, 2.75) is 6.54 Å². The third-order valence-corrected chi connectivity index (χ3v) is 1.73. The molecule has 0 amide bonds. The van der Waals surface area contributed by atoms with Crippen LogP contribution in [0.5, 0.6) is 0 Å². The van der Waals surface area contributed by atoms with Gasteiger partial charge in [0.2, 0.25) is 0 Å². The summed E-state index contributed by atoms with van der Waals surface area (Å²) in [5.74, 6) is 0. The Hall–Kier alpha value is -0.179. The van der Waals surface area contributed by atoms with Gasteiger partial charge >= 0.3 is 58.4 Å². The Morgan fingerprint density at radius 1 is 1.31 bits per heavy atom. The summed E-state index contributed by atoms with van der Waals surface area (Å²) >= 11 is 0. The molecule has 0 unspecified atom stereocenters. The van der Waals surface area contributed by atoms with Gasteiger partial charge in [0.1, 0.15) is 0 Å². The SMILES string of the molecule is [K+].[N-]=[N+]=NCc1cc(N)cc([B-](F)(F)F)c1. The Bertz CT molecular complexity index is 417. The first-order valence-corrected chi connectivity index (χ1v) is 4.03. The molecule has 0 heterocycles. The molecule has 0 aliphatic heterocycles. The number of nitrogen functional groups attached to an aromatic ring is 1. The molecule has 0 saturated carbocycles. The largest absolute Gasteiger partial charge is 1.00 e. The van der Waals surface area contributed by atoms with Crippen molar-refractivity contribution in [1.82, 2.24) is 0 Å². The van der Waals surface area contributed by atoms with E-state index < -0.39 is 12.4 Å². The predicted octanol–water partition coefficient (Wildman–Crippen LogP) is -0.862. The second-order valence-corrected chi connectivity index (χ2v) is 2.97. The molecule has 80 valence electrons. The Balaban J connectivity index is 0.00000225. The van der Waals surface area contributed by atoms with Crippen molar-refractivity contribution in [3.8, 4) is 0 Å². The molecule has 0 aromatic heterocycles. The fraction of sp³-hybridized carbons (Fsp3) is 0.143. The summed E-state index contributed by atoms with van der Waals surface area (Å²) in [6.07, 6.45) is 0. The van der Waals surface area contributed by atoms with Crippen LogP contribution in [0.1, 0.15) is 5.56 Å². The summed E-state index contributed by atoms with van der Waals surface area (Å²) < 4.78 is 37.1. The number of nitrogens with zero attached hydrogens (tertiary/aromatic N) is 3. The van der Waals surface area contributed by atoms with E-state index in [0.717, 1.165) is 12.1 Å². The molecule has 1 aromatic carbocycles. The first-order valence-electron chi connectivity index (χ1n) is 4.03. The normalized spacial score (nSPS) is 10.2. The standard InChI is InChI=1S/C7H7BF3N4.K/c9-8(10,11)6-1-5(4-14-15-13)2-7(12)3-6;/h1-3H,4,12H2;/q-1;+1. The van der Waals surface area contributed by atoms with Crippen LogP contribution in [0, 0.1) is 0 Å². The molecule has 2 N–H and O–H groups in total. The molecule has 0 fully saturated rings. The smallest absolute Gasteiger partial charge is 0.445 e. The van der Waals surface area contributed by atoms with Gasteiger partial charge in [0.05, 0.1) is 6.54 Å². The van der Waals surface area contributed by atoms with Crippen LogP contribution in [0.4, 0.5) is 18.6 Å². The third-order valence-electron chi connectivity index (χ3n) is 1.73. The first kappa shape index (κ1) is 15.8. The van der Waals surface area contributed by atoms with Crippen molar-refractivity contribution >= 4 is 18.1 Å². The average molecular weight is 254 g/mol. The van der Waals surface area contributed by atoms with Crippen LogP contribution in [0.3, 0.4) is 0 Å². The van der Waals surface area contributed by atoms with Gasteiger partial charge in [-0.3, -0.25) is 0 Å². The molecule has 0 radical (unpaired) electrons. The molecule has 1 aromatic rings. The van der Waals surface area contributed by atoms with E-state index in [0.29, 0.717) is 0 Å². The Labute approximate surface area is 132 Å². The number of hydrogen-bond donors (Lipinski definition) is 1. The quantitative estimate of drug-likeness (QED) is 0.246. The van der Waals surface area contributed by atoms with E-state index in [2.05, 4.69) is 10.0 Å². The number of benzene rings is 1. The van der Waals surface area contributed by atoms with Crippen LogP contribution in [-0.4, -0.2) is 6.98 Å².